The molecule has 3 aliphatic heterocycles. The summed E-state index contributed by atoms with van der Waals surface area (Å²) in [6.45, 7) is -3.16. The summed E-state index contributed by atoms with van der Waals surface area (Å²) in [5.74, 6) is -2.41. The van der Waals surface area contributed by atoms with E-state index in [2.05, 4.69) is 0 Å². The molecule has 0 aromatic rings. The second kappa shape index (κ2) is 11.2. The van der Waals surface area contributed by atoms with Crippen LogP contribution in [0.2, 0.25) is 0 Å². The van der Waals surface area contributed by atoms with Crippen LogP contribution >= 0.6 is 0 Å². The Morgan fingerprint density at radius 3 is 1.59 bits per heavy atom. The lowest BCUT2D eigenvalue weighted by atomic mass is 9.99. The van der Waals surface area contributed by atoms with Crippen LogP contribution in [0.25, 0.3) is 0 Å². The van der Waals surface area contributed by atoms with Gasteiger partial charge in [-0.3, -0.25) is 0 Å². The van der Waals surface area contributed by atoms with E-state index in [-0.39, 0.29) is 0 Å². The molecule has 0 aromatic carbocycles. The van der Waals surface area contributed by atoms with Crippen LogP contribution in [0.4, 0.5) is 0 Å². The second-order valence-corrected chi connectivity index (χ2v) is 8.41. The van der Waals surface area contributed by atoms with E-state index in [0.717, 1.165) is 0 Å². The maximum Gasteiger partial charge on any atom is 0.224 e. The molecule has 0 saturated carbocycles. The molecule has 0 amide bonds. The molecule has 0 unspecified atom stereocenters. The van der Waals surface area contributed by atoms with Crippen LogP contribution in [0, 0.1) is 0 Å². The summed E-state index contributed by atoms with van der Waals surface area (Å²) in [7, 11) is 0. The standard InChI is InChI=1S/C18H32O16/c19-1-5-8(22)11(25)13(27)16(31-5)30-3-7-10(24)15(29)18(4-21,33-7)34-17-14(28)12(26)9(23)6(2-20)32-17/h5-17,19-29H,1-4H2/t5-,6-,7-,8+,9-,10-,11+,12+,13-,14-,15+,16+,17-,18-/m1/s1. The molecule has 0 spiro atoms. The van der Waals surface area contributed by atoms with Gasteiger partial charge in [-0.2, -0.15) is 0 Å². The molecule has 0 aromatic heterocycles. The fraction of sp³-hybridized carbons (Fsp3) is 1.00. The quantitative estimate of drug-likeness (QED) is 0.146. The molecule has 3 rings (SSSR count). The van der Waals surface area contributed by atoms with Crippen molar-refractivity contribution in [1.82, 2.24) is 0 Å². The molecule has 11 N–H and O–H groups in total. The molecule has 0 aliphatic carbocycles. The Bertz CT molecular complexity index is 651. The zero-order valence-electron chi connectivity index (χ0n) is 17.8. The molecular weight excluding hydrogens is 472 g/mol. The SMILES string of the molecule is OC[C@H]1O[C@H](OC[C@H]2O[C@](CO)(O[C@H]3O[C@H](CO)[C@@H](O)[C@H](O)[C@H]3O)[C@@H](O)[C@@H]2O)[C@H](O)[C@@H](O)[C@H]1O. The summed E-state index contributed by atoms with van der Waals surface area (Å²) >= 11 is 0. The maximum atomic E-state index is 10.5. The smallest absolute Gasteiger partial charge is 0.224 e. The molecule has 3 fully saturated rings. The molecule has 3 heterocycles. The number of hydrogen-bond donors (Lipinski definition) is 11. The van der Waals surface area contributed by atoms with Gasteiger partial charge >= 0.3 is 0 Å². The van der Waals surface area contributed by atoms with Gasteiger partial charge in [0, 0.05) is 0 Å². The maximum absolute atomic E-state index is 10.5. The van der Waals surface area contributed by atoms with E-state index >= 15 is 0 Å². The van der Waals surface area contributed by atoms with E-state index in [1.54, 1.807) is 0 Å². The number of ether oxygens (including phenoxy) is 5. The lowest BCUT2D eigenvalue weighted by molar-refractivity contribution is -0.385. The Morgan fingerprint density at radius 2 is 1.09 bits per heavy atom. The van der Waals surface area contributed by atoms with Crippen LogP contribution < -0.4 is 0 Å². The fourth-order valence-corrected chi connectivity index (χ4v) is 4.01. The third-order valence-electron chi connectivity index (χ3n) is 6.16. The molecule has 0 bridgehead atoms. The lowest BCUT2D eigenvalue weighted by Gasteiger charge is -2.43. The highest BCUT2D eigenvalue weighted by Gasteiger charge is 2.59. The summed E-state index contributed by atoms with van der Waals surface area (Å²) in [4.78, 5) is 0. The van der Waals surface area contributed by atoms with Gasteiger partial charge in [0.15, 0.2) is 12.6 Å². The summed E-state index contributed by atoms with van der Waals surface area (Å²) in [5.41, 5.74) is 0. The van der Waals surface area contributed by atoms with Gasteiger partial charge in [0.05, 0.1) is 19.8 Å². The van der Waals surface area contributed by atoms with Crippen molar-refractivity contribution in [2.24, 2.45) is 0 Å². The third-order valence-corrected chi connectivity index (χ3v) is 6.16. The lowest BCUT2D eigenvalue weighted by Crippen LogP contribution is -2.62. The predicted octanol–water partition coefficient (Wildman–Crippen LogP) is -7.57. The molecule has 3 saturated heterocycles. The Balaban J connectivity index is 1.67. The van der Waals surface area contributed by atoms with Gasteiger partial charge in [0.25, 0.3) is 0 Å². The minimum Gasteiger partial charge on any atom is -0.394 e. The fourth-order valence-electron chi connectivity index (χ4n) is 4.01. The van der Waals surface area contributed by atoms with Gasteiger partial charge < -0.3 is 79.9 Å². The molecule has 0 radical (unpaired) electrons. The molecule has 16 heteroatoms. The molecule has 14 atom stereocenters. The van der Waals surface area contributed by atoms with E-state index in [9.17, 15) is 56.2 Å². The number of aliphatic hydroxyl groups is 11. The van der Waals surface area contributed by atoms with E-state index in [1.165, 1.54) is 0 Å². The van der Waals surface area contributed by atoms with Crippen molar-refractivity contribution in [3.63, 3.8) is 0 Å². The van der Waals surface area contributed by atoms with Crippen molar-refractivity contribution in [3.8, 4) is 0 Å². The normalized spacial score (nSPS) is 52.1. The summed E-state index contributed by atoms with van der Waals surface area (Å²) < 4.78 is 26.4. The highest BCUT2D eigenvalue weighted by Crippen LogP contribution is 2.36. The largest absolute Gasteiger partial charge is 0.394 e. The van der Waals surface area contributed by atoms with Crippen molar-refractivity contribution in [2.45, 2.75) is 85.5 Å². The summed E-state index contributed by atoms with van der Waals surface area (Å²) in [6, 6.07) is 0. The van der Waals surface area contributed by atoms with Gasteiger partial charge in [0.2, 0.25) is 5.79 Å². The first kappa shape index (κ1) is 27.9. The van der Waals surface area contributed by atoms with Crippen LogP contribution in [0.5, 0.6) is 0 Å². The summed E-state index contributed by atoms with van der Waals surface area (Å²) in [6.07, 6.45) is -21.6. The predicted molar refractivity (Wildman–Crippen MR) is 101 cm³/mol. The molecule has 3 aliphatic rings. The van der Waals surface area contributed by atoms with E-state index in [0.29, 0.717) is 0 Å². The molecule has 34 heavy (non-hydrogen) atoms. The summed E-state index contributed by atoms with van der Waals surface area (Å²) in [5, 5.41) is 109. The van der Waals surface area contributed by atoms with Crippen molar-refractivity contribution >= 4 is 0 Å². The Morgan fingerprint density at radius 1 is 0.588 bits per heavy atom. The first-order valence-electron chi connectivity index (χ1n) is 10.6. The van der Waals surface area contributed by atoms with Crippen molar-refractivity contribution in [2.75, 3.05) is 26.4 Å². The Labute approximate surface area is 192 Å². The second-order valence-electron chi connectivity index (χ2n) is 8.41. The topological polar surface area (TPSA) is 269 Å². The van der Waals surface area contributed by atoms with Crippen LogP contribution in [0.15, 0.2) is 0 Å². The van der Waals surface area contributed by atoms with Crippen LogP contribution in [0.3, 0.4) is 0 Å². The minimum absolute atomic E-state index is 0.610. The molecule has 16 nitrogen and oxygen atoms in total. The van der Waals surface area contributed by atoms with E-state index in [4.69, 9.17) is 23.7 Å². The molecule has 200 valence electrons. The number of aliphatic hydroxyl groups excluding tert-OH is 11. The van der Waals surface area contributed by atoms with E-state index in [1.807, 2.05) is 0 Å². The first-order valence-corrected chi connectivity index (χ1v) is 10.6. The van der Waals surface area contributed by atoms with Gasteiger partial charge in [-0.1, -0.05) is 0 Å². The average Bonchev–Trinajstić information content (AvgIpc) is 3.07. The van der Waals surface area contributed by atoms with Gasteiger partial charge in [-0.25, -0.2) is 0 Å². The van der Waals surface area contributed by atoms with E-state index < -0.39 is 112 Å². The molecular formula is C18H32O16. The van der Waals surface area contributed by atoms with Crippen molar-refractivity contribution in [1.29, 1.82) is 0 Å². The highest BCUT2D eigenvalue weighted by molar-refractivity contribution is 4.99. The van der Waals surface area contributed by atoms with Crippen LogP contribution in [-0.4, -0.2) is 168 Å². The minimum atomic E-state index is -2.41. The van der Waals surface area contributed by atoms with Crippen LogP contribution in [0.1, 0.15) is 0 Å². The number of rotatable bonds is 8. The zero-order valence-corrected chi connectivity index (χ0v) is 17.8. The number of hydrogen-bond acceptors (Lipinski definition) is 16. The average molecular weight is 504 g/mol. The zero-order chi connectivity index (χ0) is 25.4. The van der Waals surface area contributed by atoms with Gasteiger partial charge in [-0.15, -0.1) is 0 Å². The highest BCUT2D eigenvalue weighted by atomic mass is 16.8. The Kier molecular flexibility index (Phi) is 9.18. The van der Waals surface area contributed by atoms with Gasteiger partial charge in [-0.05, 0) is 0 Å². The van der Waals surface area contributed by atoms with Crippen LogP contribution in [-0.2, 0) is 23.7 Å². The first-order chi connectivity index (χ1) is 16.0. The van der Waals surface area contributed by atoms with Crippen molar-refractivity contribution < 1.29 is 79.9 Å². The van der Waals surface area contributed by atoms with Crippen molar-refractivity contribution in [3.05, 3.63) is 0 Å². The third kappa shape index (κ3) is 5.09. The monoisotopic (exact) mass is 504 g/mol. The Hall–Kier alpha value is -0.640. The van der Waals surface area contributed by atoms with Gasteiger partial charge in [0.1, 0.15) is 73.8 Å².